The van der Waals surface area contributed by atoms with Crippen LogP contribution < -0.4 is 15.4 Å². The fourth-order valence-corrected chi connectivity index (χ4v) is 2.40. The molecular weight excluding hydrogens is 300 g/mol. The smallest absolute Gasteiger partial charge is 0.229 e. The number of aryl methyl sites for hydroxylation is 2. The summed E-state index contributed by atoms with van der Waals surface area (Å²) in [6.07, 6.45) is 0. The molecule has 5 nitrogen and oxygen atoms in total. The van der Waals surface area contributed by atoms with Gasteiger partial charge in [0.2, 0.25) is 5.95 Å². The molecule has 0 aliphatic heterocycles. The maximum Gasteiger partial charge on any atom is 0.229 e. The minimum atomic E-state index is 0.551. The highest BCUT2D eigenvalue weighted by Crippen LogP contribution is 2.28. The van der Waals surface area contributed by atoms with Gasteiger partial charge >= 0.3 is 0 Å². The number of para-hydroxylation sites is 1. The predicted molar refractivity (Wildman–Crippen MR) is 97.5 cm³/mol. The second kappa shape index (κ2) is 7.00. The summed E-state index contributed by atoms with van der Waals surface area (Å²) >= 11 is 0. The Morgan fingerprint density at radius 1 is 0.875 bits per heavy atom. The van der Waals surface area contributed by atoms with Crippen molar-refractivity contribution in [1.29, 1.82) is 0 Å². The van der Waals surface area contributed by atoms with E-state index < -0.39 is 0 Å². The van der Waals surface area contributed by atoms with Crippen LogP contribution >= 0.6 is 0 Å². The molecule has 0 aliphatic carbocycles. The minimum Gasteiger partial charge on any atom is -0.495 e. The molecule has 0 bridgehead atoms. The number of ether oxygens (including phenoxy) is 1. The number of nitrogens with one attached hydrogen (secondary N) is 2. The number of hydrogen-bond acceptors (Lipinski definition) is 5. The average molecular weight is 320 g/mol. The predicted octanol–water partition coefficient (Wildman–Crippen LogP) is 4.59. The Balaban J connectivity index is 1.88. The first kappa shape index (κ1) is 15.8. The molecule has 3 rings (SSSR count). The second-order valence-corrected chi connectivity index (χ2v) is 5.54. The zero-order valence-corrected chi connectivity index (χ0v) is 14.0. The molecule has 1 aromatic heterocycles. The lowest BCUT2D eigenvalue weighted by molar-refractivity contribution is 0.416. The molecule has 0 saturated carbocycles. The van der Waals surface area contributed by atoms with Crippen molar-refractivity contribution < 1.29 is 4.74 Å². The Kier molecular flexibility index (Phi) is 4.61. The van der Waals surface area contributed by atoms with Crippen LogP contribution in [0.4, 0.5) is 23.1 Å². The number of rotatable bonds is 5. The van der Waals surface area contributed by atoms with Gasteiger partial charge in [0, 0.05) is 17.4 Å². The molecule has 2 aromatic carbocycles. The van der Waals surface area contributed by atoms with Crippen molar-refractivity contribution in [2.24, 2.45) is 0 Å². The first-order valence-electron chi connectivity index (χ1n) is 7.73. The van der Waals surface area contributed by atoms with Crippen LogP contribution in [0.2, 0.25) is 0 Å². The lowest BCUT2D eigenvalue weighted by Crippen LogP contribution is -2.03. The van der Waals surface area contributed by atoms with Crippen LogP contribution in [-0.2, 0) is 0 Å². The largest absolute Gasteiger partial charge is 0.495 e. The molecule has 0 unspecified atom stereocenters. The number of benzene rings is 2. The standard InChI is InChI=1S/C19H20N4O/c1-13-9-10-17(24-3)16(11-13)22-18-12-14(2)20-19(23-18)21-15-7-5-4-6-8-15/h4-12H,1-3H3,(H2,20,21,22,23). The Morgan fingerprint density at radius 3 is 2.42 bits per heavy atom. The van der Waals surface area contributed by atoms with Crippen molar-refractivity contribution in [2.45, 2.75) is 13.8 Å². The molecule has 0 aliphatic rings. The zero-order chi connectivity index (χ0) is 16.9. The zero-order valence-electron chi connectivity index (χ0n) is 14.0. The van der Waals surface area contributed by atoms with Crippen molar-refractivity contribution in [3.05, 3.63) is 65.9 Å². The van der Waals surface area contributed by atoms with Crippen LogP contribution in [-0.4, -0.2) is 17.1 Å². The molecule has 2 N–H and O–H groups in total. The molecule has 0 atom stereocenters. The van der Waals surface area contributed by atoms with Crippen LogP contribution in [0.25, 0.3) is 0 Å². The molecule has 1 heterocycles. The maximum atomic E-state index is 5.41. The van der Waals surface area contributed by atoms with E-state index in [9.17, 15) is 0 Å². The SMILES string of the molecule is COc1ccc(C)cc1Nc1cc(C)nc(Nc2ccccc2)n1. The fourth-order valence-electron chi connectivity index (χ4n) is 2.40. The Bertz CT molecular complexity index is 834. The van der Waals surface area contributed by atoms with E-state index in [0.717, 1.165) is 28.4 Å². The van der Waals surface area contributed by atoms with E-state index in [2.05, 4.69) is 20.6 Å². The summed E-state index contributed by atoms with van der Waals surface area (Å²) in [6, 6.07) is 17.7. The van der Waals surface area contributed by atoms with E-state index >= 15 is 0 Å². The fraction of sp³-hybridized carbons (Fsp3) is 0.158. The van der Waals surface area contributed by atoms with Gasteiger partial charge in [-0.05, 0) is 43.7 Å². The summed E-state index contributed by atoms with van der Waals surface area (Å²) in [5, 5.41) is 6.53. The van der Waals surface area contributed by atoms with Gasteiger partial charge in [-0.3, -0.25) is 0 Å². The molecular formula is C19H20N4O. The Morgan fingerprint density at radius 2 is 1.67 bits per heavy atom. The number of methoxy groups -OCH3 is 1. The van der Waals surface area contributed by atoms with E-state index in [1.807, 2.05) is 68.4 Å². The van der Waals surface area contributed by atoms with Crippen LogP contribution in [0.5, 0.6) is 5.75 Å². The third kappa shape index (κ3) is 3.81. The van der Waals surface area contributed by atoms with Crippen LogP contribution in [0.15, 0.2) is 54.6 Å². The first-order chi connectivity index (χ1) is 11.6. The first-order valence-corrected chi connectivity index (χ1v) is 7.73. The third-order valence-corrected chi connectivity index (χ3v) is 3.50. The van der Waals surface area contributed by atoms with Crippen molar-refractivity contribution in [1.82, 2.24) is 9.97 Å². The number of nitrogens with zero attached hydrogens (tertiary/aromatic N) is 2. The van der Waals surface area contributed by atoms with Gasteiger partial charge in [-0.1, -0.05) is 24.3 Å². The lowest BCUT2D eigenvalue weighted by Gasteiger charge is -2.13. The Hall–Kier alpha value is -3.08. The molecule has 0 radical (unpaired) electrons. The average Bonchev–Trinajstić information content (AvgIpc) is 2.55. The Labute approximate surface area is 141 Å². The summed E-state index contributed by atoms with van der Waals surface area (Å²) in [5.74, 6) is 2.04. The van der Waals surface area contributed by atoms with Crippen molar-refractivity contribution in [3.8, 4) is 5.75 Å². The van der Waals surface area contributed by atoms with Gasteiger partial charge in [0.1, 0.15) is 11.6 Å². The molecule has 0 spiro atoms. The summed E-state index contributed by atoms with van der Waals surface area (Å²) in [5.41, 5.74) is 3.84. The molecule has 122 valence electrons. The highest BCUT2D eigenvalue weighted by Gasteiger charge is 2.07. The van der Waals surface area contributed by atoms with E-state index in [0.29, 0.717) is 11.8 Å². The number of anilines is 4. The third-order valence-electron chi connectivity index (χ3n) is 3.50. The van der Waals surface area contributed by atoms with E-state index in [4.69, 9.17) is 4.74 Å². The highest BCUT2D eigenvalue weighted by molar-refractivity contribution is 5.66. The molecule has 0 fully saturated rings. The summed E-state index contributed by atoms with van der Waals surface area (Å²) < 4.78 is 5.41. The van der Waals surface area contributed by atoms with E-state index in [1.54, 1.807) is 7.11 Å². The van der Waals surface area contributed by atoms with Crippen molar-refractivity contribution in [3.63, 3.8) is 0 Å². The van der Waals surface area contributed by atoms with Crippen molar-refractivity contribution in [2.75, 3.05) is 17.7 Å². The number of aromatic nitrogens is 2. The van der Waals surface area contributed by atoms with Crippen LogP contribution in [0.3, 0.4) is 0 Å². The number of hydrogen-bond donors (Lipinski definition) is 2. The van der Waals surface area contributed by atoms with Crippen molar-refractivity contribution >= 4 is 23.1 Å². The topological polar surface area (TPSA) is 59.1 Å². The van der Waals surface area contributed by atoms with Gasteiger partial charge in [0.25, 0.3) is 0 Å². The van der Waals surface area contributed by atoms with Crippen LogP contribution in [0, 0.1) is 13.8 Å². The van der Waals surface area contributed by atoms with E-state index in [1.165, 1.54) is 0 Å². The minimum absolute atomic E-state index is 0.551. The molecule has 3 aromatic rings. The quantitative estimate of drug-likeness (QED) is 0.720. The summed E-state index contributed by atoms with van der Waals surface area (Å²) in [6.45, 7) is 3.98. The van der Waals surface area contributed by atoms with Gasteiger partial charge in [0.05, 0.1) is 12.8 Å². The van der Waals surface area contributed by atoms with E-state index in [-0.39, 0.29) is 0 Å². The summed E-state index contributed by atoms with van der Waals surface area (Å²) in [4.78, 5) is 8.98. The highest BCUT2D eigenvalue weighted by atomic mass is 16.5. The monoisotopic (exact) mass is 320 g/mol. The van der Waals surface area contributed by atoms with Gasteiger partial charge < -0.3 is 15.4 Å². The van der Waals surface area contributed by atoms with Gasteiger partial charge in [-0.15, -0.1) is 0 Å². The molecule has 5 heteroatoms. The second-order valence-electron chi connectivity index (χ2n) is 5.54. The molecule has 0 amide bonds. The lowest BCUT2D eigenvalue weighted by atomic mass is 10.2. The summed E-state index contributed by atoms with van der Waals surface area (Å²) in [7, 11) is 1.66. The molecule has 0 saturated heterocycles. The normalized spacial score (nSPS) is 10.3. The van der Waals surface area contributed by atoms with Gasteiger partial charge in [0.15, 0.2) is 0 Å². The molecule has 24 heavy (non-hydrogen) atoms. The van der Waals surface area contributed by atoms with Gasteiger partial charge in [-0.2, -0.15) is 4.98 Å². The van der Waals surface area contributed by atoms with Gasteiger partial charge in [-0.25, -0.2) is 4.98 Å². The maximum absolute atomic E-state index is 5.41. The van der Waals surface area contributed by atoms with Crippen LogP contribution in [0.1, 0.15) is 11.3 Å².